The van der Waals surface area contributed by atoms with Crippen molar-refractivity contribution >= 4 is 11.7 Å². The molecular formula is C15H16N2O2. The van der Waals surface area contributed by atoms with Crippen LogP contribution >= 0.6 is 0 Å². The summed E-state index contributed by atoms with van der Waals surface area (Å²) in [4.78, 5) is 15.7. The minimum absolute atomic E-state index is 0.248. The van der Waals surface area contributed by atoms with E-state index in [1.54, 1.807) is 12.1 Å². The van der Waals surface area contributed by atoms with E-state index in [4.69, 9.17) is 10.5 Å². The lowest BCUT2D eigenvalue weighted by atomic mass is 10.1. The predicted molar refractivity (Wildman–Crippen MR) is 73.7 cm³/mol. The molecule has 0 aliphatic rings. The van der Waals surface area contributed by atoms with Crippen molar-refractivity contribution in [3.8, 4) is 0 Å². The molecule has 2 N–H and O–H groups in total. The van der Waals surface area contributed by atoms with E-state index in [9.17, 15) is 4.79 Å². The highest BCUT2D eigenvalue weighted by atomic mass is 16.5. The predicted octanol–water partition coefficient (Wildman–Crippen LogP) is 2.64. The smallest absolute Gasteiger partial charge is 0.357 e. The quantitative estimate of drug-likeness (QED) is 0.857. The van der Waals surface area contributed by atoms with Crippen LogP contribution in [-0.2, 0) is 11.3 Å². The number of nitrogen functional groups attached to an aromatic ring is 1. The number of pyridine rings is 1. The van der Waals surface area contributed by atoms with Crippen LogP contribution in [0.1, 0.15) is 27.2 Å². The van der Waals surface area contributed by atoms with Crippen LogP contribution in [0.4, 0.5) is 5.69 Å². The zero-order chi connectivity index (χ0) is 13.8. The average Bonchev–Trinajstić information content (AvgIpc) is 2.40. The van der Waals surface area contributed by atoms with E-state index in [1.165, 1.54) is 6.20 Å². The van der Waals surface area contributed by atoms with Gasteiger partial charge in [0.15, 0.2) is 0 Å². The molecule has 0 amide bonds. The van der Waals surface area contributed by atoms with Crippen LogP contribution in [0, 0.1) is 13.8 Å². The maximum absolute atomic E-state index is 11.8. The van der Waals surface area contributed by atoms with E-state index >= 15 is 0 Å². The van der Waals surface area contributed by atoms with E-state index in [0.29, 0.717) is 5.69 Å². The Kier molecular flexibility index (Phi) is 3.80. The molecule has 0 saturated carbocycles. The maximum atomic E-state index is 11.8. The summed E-state index contributed by atoms with van der Waals surface area (Å²) in [7, 11) is 0. The van der Waals surface area contributed by atoms with Crippen molar-refractivity contribution in [2.45, 2.75) is 20.5 Å². The molecule has 0 fully saturated rings. The number of hydrogen-bond donors (Lipinski definition) is 1. The van der Waals surface area contributed by atoms with Gasteiger partial charge in [-0.15, -0.1) is 0 Å². The van der Waals surface area contributed by atoms with Gasteiger partial charge in [-0.25, -0.2) is 9.78 Å². The first-order valence-electron chi connectivity index (χ1n) is 6.01. The Morgan fingerprint density at radius 2 is 2.05 bits per heavy atom. The first-order chi connectivity index (χ1) is 9.06. The molecule has 2 aromatic rings. The third-order valence-electron chi connectivity index (χ3n) is 2.86. The van der Waals surface area contributed by atoms with Gasteiger partial charge in [-0.1, -0.05) is 23.8 Å². The van der Waals surface area contributed by atoms with Gasteiger partial charge in [-0.3, -0.25) is 0 Å². The standard InChI is InChI=1S/C15H16N2O2/c1-10-3-4-11(2)12(7-10)9-19-15(18)14-6-5-13(16)8-17-14/h3-8H,9,16H2,1-2H3. The molecule has 0 aliphatic carbocycles. The van der Waals surface area contributed by atoms with Crippen molar-refractivity contribution in [3.05, 3.63) is 58.9 Å². The Balaban J connectivity index is 2.04. The molecule has 98 valence electrons. The molecule has 0 saturated heterocycles. The number of esters is 1. The summed E-state index contributed by atoms with van der Waals surface area (Å²) in [6.45, 7) is 4.24. The normalized spacial score (nSPS) is 10.2. The van der Waals surface area contributed by atoms with Crippen LogP contribution in [0.25, 0.3) is 0 Å². The monoisotopic (exact) mass is 256 g/mol. The van der Waals surface area contributed by atoms with E-state index < -0.39 is 5.97 Å². The first kappa shape index (κ1) is 13.1. The van der Waals surface area contributed by atoms with Crippen LogP contribution in [-0.4, -0.2) is 11.0 Å². The Morgan fingerprint density at radius 1 is 1.26 bits per heavy atom. The van der Waals surface area contributed by atoms with Crippen LogP contribution in [0.3, 0.4) is 0 Å². The fourth-order valence-corrected chi connectivity index (χ4v) is 1.70. The number of carbonyl (C=O) groups is 1. The Labute approximate surface area is 112 Å². The molecule has 0 radical (unpaired) electrons. The number of carbonyl (C=O) groups excluding carboxylic acids is 1. The van der Waals surface area contributed by atoms with Gasteiger partial charge < -0.3 is 10.5 Å². The highest BCUT2D eigenvalue weighted by Crippen LogP contribution is 2.13. The minimum atomic E-state index is -0.444. The van der Waals surface area contributed by atoms with Gasteiger partial charge in [0.05, 0.1) is 11.9 Å². The molecule has 0 spiro atoms. The Bertz CT molecular complexity index is 592. The topological polar surface area (TPSA) is 65.2 Å². The lowest BCUT2D eigenvalue weighted by molar-refractivity contribution is 0.0465. The van der Waals surface area contributed by atoms with Crippen molar-refractivity contribution < 1.29 is 9.53 Å². The molecular weight excluding hydrogens is 240 g/mol. The second kappa shape index (κ2) is 5.52. The van der Waals surface area contributed by atoms with Crippen LogP contribution < -0.4 is 5.73 Å². The fraction of sp³-hybridized carbons (Fsp3) is 0.200. The van der Waals surface area contributed by atoms with Gasteiger partial charge in [0.25, 0.3) is 0 Å². The number of hydrogen-bond acceptors (Lipinski definition) is 4. The highest BCUT2D eigenvalue weighted by molar-refractivity contribution is 5.87. The highest BCUT2D eigenvalue weighted by Gasteiger charge is 2.09. The number of ether oxygens (including phenoxy) is 1. The van der Waals surface area contributed by atoms with Gasteiger partial charge in [0.2, 0.25) is 0 Å². The molecule has 0 unspecified atom stereocenters. The zero-order valence-electron chi connectivity index (χ0n) is 11.0. The second-order valence-corrected chi connectivity index (χ2v) is 4.48. The average molecular weight is 256 g/mol. The summed E-state index contributed by atoms with van der Waals surface area (Å²) >= 11 is 0. The minimum Gasteiger partial charge on any atom is -0.456 e. The SMILES string of the molecule is Cc1ccc(C)c(COC(=O)c2ccc(N)cn2)c1. The molecule has 1 aromatic carbocycles. The Morgan fingerprint density at radius 3 is 2.74 bits per heavy atom. The maximum Gasteiger partial charge on any atom is 0.357 e. The van der Waals surface area contributed by atoms with Crippen molar-refractivity contribution in [2.75, 3.05) is 5.73 Å². The fourth-order valence-electron chi connectivity index (χ4n) is 1.70. The van der Waals surface area contributed by atoms with E-state index in [0.717, 1.165) is 16.7 Å². The zero-order valence-corrected chi connectivity index (χ0v) is 11.0. The third-order valence-corrected chi connectivity index (χ3v) is 2.86. The van der Waals surface area contributed by atoms with Gasteiger partial charge in [-0.05, 0) is 37.1 Å². The van der Waals surface area contributed by atoms with Gasteiger partial charge >= 0.3 is 5.97 Å². The van der Waals surface area contributed by atoms with Crippen LogP contribution in [0.15, 0.2) is 36.5 Å². The molecule has 0 aliphatic heterocycles. The number of aromatic nitrogens is 1. The van der Waals surface area contributed by atoms with Gasteiger partial charge in [0.1, 0.15) is 12.3 Å². The number of nitrogens with two attached hydrogens (primary N) is 1. The molecule has 4 heteroatoms. The van der Waals surface area contributed by atoms with Crippen molar-refractivity contribution in [2.24, 2.45) is 0 Å². The summed E-state index contributed by atoms with van der Waals surface area (Å²) in [5, 5.41) is 0. The first-order valence-corrected chi connectivity index (χ1v) is 6.01. The molecule has 0 bridgehead atoms. The molecule has 1 heterocycles. The second-order valence-electron chi connectivity index (χ2n) is 4.48. The van der Waals surface area contributed by atoms with Crippen LogP contribution in [0.5, 0.6) is 0 Å². The van der Waals surface area contributed by atoms with Crippen molar-refractivity contribution in [1.29, 1.82) is 0 Å². The van der Waals surface area contributed by atoms with Gasteiger partial charge in [0, 0.05) is 0 Å². The van der Waals surface area contributed by atoms with Crippen molar-refractivity contribution in [3.63, 3.8) is 0 Å². The number of nitrogens with zero attached hydrogens (tertiary/aromatic N) is 1. The Hall–Kier alpha value is -2.36. The molecule has 2 rings (SSSR count). The third kappa shape index (κ3) is 3.31. The molecule has 4 nitrogen and oxygen atoms in total. The largest absolute Gasteiger partial charge is 0.456 e. The molecule has 0 atom stereocenters. The summed E-state index contributed by atoms with van der Waals surface area (Å²) in [6, 6.07) is 9.24. The summed E-state index contributed by atoms with van der Waals surface area (Å²) in [6.07, 6.45) is 1.44. The molecule has 1 aromatic heterocycles. The lowest BCUT2D eigenvalue weighted by Gasteiger charge is -2.08. The van der Waals surface area contributed by atoms with Crippen LogP contribution in [0.2, 0.25) is 0 Å². The number of aryl methyl sites for hydroxylation is 2. The summed E-state index contributed by atoms with van der Waals surface area (Å²) in [5.74, 6) is -0.444. The van der Waals surface area contributed by atoms with E-state index in [1.807, 2.05) is 32.0 Å². The van der Waals surface area contributed by atoms with E-state index in [-0.39, 0.29) is 12.3 Å². The number of rotatable bonds is 3. The summed E-state index contributed by atoms with van der Waals surface area (Å²) < 4.78 is 5.25. The number of anilines is 1. The van der Waals surface area contributed by atoms with E-state index in [2.05, 4.69) is 4.98 Å². The van der Waals surface area contributed by atoms with Gasteiger partial charge in [-0.2, -0.15) is 0 Å². The summed E-state index contributed by atoms with van der Waals surface area (Å²) in [5.41, 5.74) is 9.54. The van der Waals surface area contributed by atoms with Crippen molar-refractivity contribution in [1.82, 2.24) is 4.98 Å². The molecule has 19 heavy (non-hydrogen) atoms. The lowest BCUT2D eigenvalue weighted by Crippen LogP contribution is -2.08. The number of benzene rings is 1.